The number of benzene rings is 2. The van der Waals surface area contributed by atoms with Gasteiger partial charge in [0, 0.05) is 47.3 Å². The molecule has 1 fully saturated rings. The number of carbonyl (C=O) groups is 1. The third-order valence-corrected chi connectivity index (χ3v) is 5.38. The van der Waals surface area contributed by atoms with Crippen molar-refractivity contribution in [3.8, 4) is 0 Å². The van der Waals surface area contributed by atoms with E-state index in [1.165, 1.54) is 11.5 Å². The molecule has 3 rings (SSSR count). The largest absolute Gasteiger partial charge is 0.297 e. The lowest BCUT2D eigenvalue weighted by Gasteiger charge is -2.26. The second kappa shape index (κ2) is 7.71. The van der Waals surface area contributed by atoms with Crippen molar-refractivity contribution in [1.82, 2.24) is 4.90 Å². The van der Waals surface area contributed by atoms with Crippen LogP contribution in [0.3, 0.4) is 0 Å². The molecular formula is C18H17Cl2NOS. The Kier molecular flexibility index (Phi) is 5.65. The van der Waals surface area contributed by atoms with Gasteiger partial charge < -0.3 is 0 Å². The minimum Gasteiger partial charge on any atom is -0.297 e. The van der Waals surface area contributed by atoms with Crippen LogP contribution in [0.15, 0.2) is 42.5 Å². The van der Waals surface area contributed by atoms with Crippen LogP contribution in [0, 0.1) is 0 Å². The van der Waals surface area contributed by atoms with Crippen LogP contribution in [0.1, 0.15) is 21.5 Å². The smallest absolute Gasteiger partial charge is 0.194 e. The molecule has 5 heteroatoms. The van der Waals surface area contributed by atoms with E-state index in [0.717, 1.165) is 25.2 Å². The van der Waals surface area contributed by atoms with E-state index < -0.39 is 0 Å². The Bertz CT molecular complexity index is 714. The van der Waals surface area contributed by atoms with Crippen molar-refractivity contribution in [1.29, 1.82) is 0 Å². The first-order chi connectivity index (χ1) is 11.1. The highest BCUT2D eigenvalue weighted by Crippen LogP contribution is 2.24. The molecule has 0 aliphatic carbocycles. The molecule has 1 aliphatic rings. The van der Waals surface area contributed by atoms with E-state index in [4.69, 9.17) is 23.2 Å². The Morgan fingerprint density at radius 2 is 1.87 bits per heavy atom. The number of thioether (sulfide) groups is 1. The maximum atomic E-state index is 12.7. The third-order valence-electron chi connectivity index (χ3n) is 3.87. The minimum atomic E-state index is -0.0893. The first kappa shape index (κ1) is 16.8. The summed E-state index contributed by atoms with van der Waals surface area (Å²) in [5, 5.41) is 0.942. The normalized spacial score (nSPS) is 15.6. The van der Waals surface area contributed by atoms with Gasteiger partial charge in [0.1, 0.15) is 0 Å². The fourth-order valence-electron chi connectivity index (χ4n) is 2.66. The highest BCUT2D eigenvalue weighted by Gasteiger charge is 2.15. The lowest BCUT2D eigenvalue weighted by atomic mass is 10.0. The summed E-state index contributed by atoms with van der Waals surface area (Å²) in [5.74, 6) is 2.27. The number of carbonyl (C=O) groups excluding carboxylic acids is 1. The zero-order valence-electron chi connectivity index (χ0n) is 12.6. The fraction of sp³-hybridized carbons (Fsp3) is 0.278. The third kappa shape index (κ3) is 4.30. The summed E-state index contributed by atoms with van der Waals surface area (Å²) in [6, 6.07) is 12.8. The van der Waals surface area contributed by atoms with Crippen LogP contribution in [0.2, 0.25) is 10.0 Å². The average Bonchev–Trinajstić information content (AvgIpc) is 2.57. The Morgan fingerprint density at radius 1 is 1.09 bits per heavy atom. The molecule has 0 aromatic heterocycles. The molecule has 2 aromatic carbocycles. The van der Waals surface area contributed by atoms with Crippen molar-refractivity contribution >= 4 is 40.7 Å². The first-order valence-electron chi connectivity index (χ1n) is 7.52. The zero-order chi connectivity index (χ0) is 16.2. The second-order valence-corrected chi connectivity index (χ2v) is 7.61. The zero-order valence-corrected chi connectivity index (χ0v) is 14.9. The van der Waals surface area contributed by atoms with Crippen LogP contribution in [-0.2, 0) is 6.54 Å². The molecule has 0 N–H and O–H groups in total. The molecule has 23 heavy (non-hydrogen) atoms. The number of halogens is 2. The van der Waals surface area contributed by atoms with Gasteiger partial charge in [-0.3, -0.25) is 9.69 Å². The highest BCUT2D eigenvalue weighted by molar-refractivity contribution is 7.99. The van der Waals surface area contributed by atoms with Crippen LogP contribution in [0.5, 0.6) is 0 Å². The summed E-state index contributed by atoms with van der Waals surface area (Å²) in [4.78, 5) is 15.1. The van der Waals surface area contributed by atoms with E-state index >= 15 is 0 Å². The molecule has 1 saturated heterocycles. The second-order valence-electron chi connectivity index (χ2n) is 5.54. The van der Waals surface area contributed by atoms with Crippen molar-refractivity contribution in [2.75, 3.05) is 24.6 Å². The highest BCUT2D eigenvalue weighted by atomic mass is 35.5. The van der Waals surface area contributed by atoms with Crippen LogP contribution in [-0.4, -0.2) is 35.3 Å². The van der Waals surface area contributed by atoms with E-state index in [2.05, 4.69) is 11.0 Å². The monoisotopic (exact) mass is 365 g/mol. The summed E-state index contributed by atoms with van der Waals surface area (Å²) in [6.07, 6.45) is 0. The SMILES string of the molecule is O=C(c1cccc(CN2CCSCC2)c1)c1cc(Cl)ccc1Cl. The molecule has 0 amide bonds. The molecule has 2 nitrogen and oxygen atoms in total. The molecule has 1 aliphatic heterocycles. The number of hydrogen-bond acceptors (Lipinski definition) is 3. The van der Waals surface area contributed by atoms with Crippen LogP contribution in [0.25, 0.3) is 0 Å². The van der Waals surface area contributed by atoms with Gasteiger partial charge in [-0.15, -0.1) is 0 Å². The standard InChI is InChI=1S/C18H17Cl2NOS/c19-15-4-5-17(20)16(11-15)18(22)14-3-1-2-13(10-14)12-21-6-8-23-9-7-21/h1-5,10-11H,6-9,12H2. The Labute approximate surface area is 150 Å². The lowest BCUT2D eigenvalue weighted by Crippen LogP contribution is -2.31. The van der Waals surface area contributed by atoms with Crippen LogP contribution in [0.4, 0.5) is 0 Å². The molecule has 1 heterocycles. The lowest BCUT2D eigenvalue weighted by molar-refractivity contribution is 0.103. The average molecular weight is 366 g/mol. The van der Waals surface area contributed by atoms with Gasteiger partial charge in [-0.1, -0.05) is 41.4 Å². The Hall–Kier alpha value is -1.000. The molecule has 0 spiro atoms. The van der Waals surface area contributed by atoms with Gasteiger partial charge in [0.05, 0.1) is 5.02 Å². The molecule has 0 radical (unpaired) electrons. The van der Waals surface area contributed by atoms with Crippen molar-refractivity contribution in [3.63, 3.8) is 0 Å². The fourth-order valence-corrected chi connectivity index (χ4v) is 4.01. The van der Waals surface area contributed by atoms with Gasteiger partial charge in [-0.2, -0.15) is 11.8 Å². The van der Waals surface area contributed by atoms with E-state index in [-0.39, 0.29) is 5.78 Å². The molecule has 120 valence electrons. The summed E-state index contributed by atoms with van der Waals surface area (Å²) in [7, 11) is 0. The van der Waals surface area contributed by atoms with Crippen molar-refractivity contribution in [2.24, 2.45) is 0 Å². The number of hydrogen-bond donors (Lipinski definition) is 0. The van der Waals surface area contributed by atoms with Crippen LogP contribution >= 0.6 is 35.0 Å². The molecule has 0 saturated carbocycles. The maximum absolute atomic E-state index is 12.7. The van der Waals surface area contributed by atoms with Crippen LogP contribution < -0.4 is 0 Å². The van der Waals surface area contributed by atoms with Gasteiger partial charge in [0.25, 0.3) is 0 Å². The number of rotatable bonds is 4. The van der Waals surface area contributed by atoms with Crippen molar-refractivity contribution in [3.05, 3.63) is 69.2 Å². The quantitative estimate of drug-likeness (QED) is 0.727. The van der Waals surface area contributed by atoms with E-state index in [0.29, 0.717) is 21.2 Å². The molecule has 2 aromatic rings. The van der Waals surface area contributed by atoms with Crippen molar-refractivity contribution in [2.45, 2.75) is 6.54 Å². The first-order valence-corrected chi connectivity index (χ1v) is 9.43. The van der Waals surface area contributed by atoms with Gasteiger partial charge in [0.15, 0.2) is 5.78 Å². The number of ketones is 1. The maximum Gasteiger partial charge on any atom is 0.194 e. The van der Waals surface area contributed by atoms with E-state index in [1.54, 1.807) is 18.2 Å². The number of nitrogens with zero attached hydrogens (tertiary/aromatic N) is 1. The van der Waals surface area contributed by atoms with Gasteiger partial charge in [0.2, 0.25) is 0 Å². The Balaban J connectivity index is 1.81. The summed E-state index contributed by atoms with van der Waals surface area (Å²) < 4.78 is 0. The van der Waals surface area contributed by atoms with Gasteiger partial charge in [-0.25, -0.2) is 0 Å². The minimum absolute atomic E-state index is 0.0893. The summed E-state index contributed by atoms with van der Waals surface area (Å²) >= 11 is 14.1. The summed E-state index contributed by atoms with van der Waals surface area (Å²) in [6.45, 7) is 3.08. The topological polar surface area (TPSA) is 20.3 Å². The predicted molar refractivity (Wildman–Crippen MR) is 98.9 cm³/mol. The molecule has 0 unspecified atom stereocenters. The van der Waals surface area contributed by atoms with Crippen molar-refractivity contribution < 1.29 is 4.79 Å². The molecule has 0 bridgehead atoms. The van der Waals surface area contributed by atoms with Gasteiger partial charge >= 0.3 is 0 Å². The van der Waals surface area contributed by atoms with E-state index in [9.17, 15) is 4.79 Å². The molecular weight excluding hydrogens is 349 g/mol. The summed E-state index contributed by atoms with van der Waals surface area (Å²) in [5.41, 5.74) is 2.25. The van der Waals surface area contributed by atoms with E-state index in [1.807, 2.05) is 30.0 Å². The predicted octanol–water partition coefficient (Wildman–Crippen LogP) is 4.77. The Morgan fingerprint density at radius 3 is 2.65 bits per heavy atom. The molecule has 0 atom stereocenters. The van der Waals surface area contributed by atoms with Gasteiger partial charge in [-0.05, 0) is 29.8 Å².